The number of benzene rings is 3. The van der Waals surface area contributed by atoms with Gasteiger partial charge in [-0.2, -0.15) is 8.42 Å². The van der Waals surface area contributed by atoms with Crippen molar-refractivity contribution >= 4 is 79.3 Å². The summed E-state index contributed by atoms with van der Waals surface area (Å²) in [6.07, 6.45) is 1.57. The first kappa shape index (κ1) is 29.1. The fraction of sp³-hybridized carbons (Fsp3) is 0.115. The van der Waals surface area contributed by atoms with Crippen LogP contribution in [0.4, 0.5) is 17.1 Å². The zero-order valence-electron chi connectivity index (χ0n) is 19.7. The summed E-state index contributed by atoms with van der Waals surface area (Å²) in [6, 6.07) is 17.9. The molecule has 3 N–H and O–H groups in total. The first-order chi connectivity index (χ1) is 17.7. The van der Waals surface area contributed by atoms with Gasteiger partial charge in [0.25, 0.3) is 10.1 Å². The van der Waals surface area contributed by atoms with Gasteiger partial charge in [-0.3, -0.25) is 19.1 Å². The maximum atomic E-state index is 12.2. The normalized spacial score (nSPS) is 11.3. The molecule has 0 aliphatic carbocycles. The summed E-state index contributed by atoms with van der Waals surface area (Å²) in [5, 5.41) is 8.89. The number of methoxy groups -OCH3 is 1. The summed E-state index contributed by atoms with van der Waals surface area (Å²) in [6.45, 7) is 0. The zero-order chi connectivity index (χ0) is 26.6. The third-order valence-electron chi connectivity index (χ3n) is 5.61. The van der Waals surface area contributed by atoms with E-state index in [0.717, 1.165) is 5.56 Å². The quantitative estimate of drug-likeness (QED) is 0.0813. The average Bonchev–Trinajstić information content (AvgIpc) is 2.91. The van der Waals surface area contributed by atoms with Gasteiger partial charge in [-0.15, -0.1) is 10.2 Å². The zero-order valence-corrected chi connectivity index (χ0v) is 20.5. The molecule has 0 radical (unpaired) electrons. The van der Waals surface area contributed by atoms with Crippen LogP contribution in [0, 0.1) is 0 Å². The van der Waals surface area contributed by atoms with Crippen molar-refractivity contribution in [1.29, 1.82) is 0 Å². The van der Waals surface area contributed by atoms with Gasteiger partial charge in [0.15, 0.2) is 5.78 Å². The van der Waals surface area contributed by atoms with Crippen LogP contribution >= 0.6 is 0 Å². The van der Waals surface area contributed by atoms with E-state index in [0.29, 0.717) is 22.3 Å². The number of azo groups is 1. The fourth-order valence-corrected chi connectivity index (χ4v) is 4.38. The van der Waals surface area contributed by atoms with Gasteiger partial charge in [0, 0.05) is 28.3 Å². The Hall–Kier alpha value is -3.48. The van der Waals surface area contributed by atoms with Crippen LogP contribution in [0.5, 0.6) is 0 Å². The molecule has 0 saturated heterocycles. The Kier molecular flexibility index (Phi) is 9.47. The molecular formula is C26H23N4NaO6S. The molecule has 190 valence electrons. The van der Waals surface area contributed by atoms with Crippen molar-refractivity contribution in [2.24, 2.45) is 10.2 Å². The molecule has 0 spiro atoms. The average molecular weight is 543 g/mol. The van der Waals surface area contributed by atoms with Gasteiger partial charge in [0.05, 0.1) is 31.1 Å². The number of nitrogens with zero attached hydrogens (tertiary/aromatic N) is 3. The van der Waals surface area contributed by atoms with Gasteiger partial charge in [0.1, 0.15) is 16.3 Å². The molecule has 4 rings (SSSR count). The van der Waals surface area contributed by atoms with Crippen LogP contribution in [0.1, 0.15) is 23.2 Å². The molecule has 0 fully saturated rings. The first-order valence-corrected chi connectivity index (χ1v) is 12.5. The molecular weight excluding hydrogens is 519 g/mol. The van der Waals surface area contributed by atoms with Gasteiger partial charge in [-0.25, -0.2) is 0 Å². The number of fused-ring (bicyclic) bond motifs is 1. The molecule has 0 amide bonds. The predicted octanol–water partition coefficient (Wildman–Crippen LogP) is 4.63. The molecule has 0 atom stereocenters. The maximum absolute atomic E-state index is 12.2. The summed E-state index contributed by atoms with van der Waals surface area (Å²) < 4.78 is 38.0. The topological polar surface area (TPSA) is 161 Å². The molecule has 1 aromatic heterocycles. The number of hydrogen-bond acceptors (Lipinski definition) is 9. The number of hydrogen-bond donors (Lipinski definition) is 2. The third-order valence-corrected chi connectivity index (χ3v) is 6.51. The predicted molar refractivity (Wildman–Crippen MR) is 145 cm³/mol. The number of ketones is 1. The van der Waals surface area contributed by atoms with Crippen LogP contribution in [-0.4, -0.2) is 66.4 Å². The van der Waals surface area contributed by atoms with Crippen molar-refractivity contribution in [2.45, 2.75) is 17.7 Å². The SMILES string of the molecule is COC(=O)CCC(=O)c1ccc(-c2ccc(/N=N/c3cc(S(=O)(=O)O)c4ccccc4c3N)cn2)cc1.[NaH]. The summed E-state index contributed by atoms with van der Waals surface area (Å²) in [4.78, 5) is 27.5. The van der Waals surface area contributed by atoms with Crippen molar-refractivity contribution in [3.05, 3.63) is 78.5 Å². The number of anilines is 1. The van der Waals surface area contributed by atoms with Crippen LogP contribution in [0.15, 0.2) is 88.1 Å². The molecule has 0 unspecified atom stereocenters. The van der Waals surface area contributed by atoms with Gasteiger partial charge in [-0.1, -0.05) is 48.5 Å². The number of Topliss-reactive ketones (excluding diaryl/α,β-unsaturated/α-hetero) is 1. The van der Waals surface area contributed by atoms with E-state index in [1.54, 1.807) is 60.7 Å². The Morgan fingerprint density at radius 3 is 2.26 bits per heavy atom. The van der Waals surface area contributed by atoms with Crippen LogP contribution in [0.3, 0.4) is 0 Å². The molecule has 38 heavy (non-hydrogen) atoms. The van der Waals surface area contributed by atoms with Crippen molar-refractivity contribution < 1.29 is 27.3 Å². The number of ether oxygens (including phenoxy) is 1. The minimum atomic E-state index is -4.52. The Bertz CT molecular complexity index is 1620. The number of nitrogen functional groups attached to an aromatic ring is 1. The number of aromatic nitrogens is 1. The van der Waals surface area contributed by atoms with Crippen LogP contribution in [0.25, 0.3) is 22.0 Å². The summed E-state index contributed by atoms with van der Waals surface area (Å²) >= 11 is 0. The summed E-state index contributed by atoms with van der Waals surface area (Å²) in [7, 11) is -3.24. The number of rotatable bonds is 8. The Morgan fingerprint density at radius 2 is 1.66 bits per heavy atom. The van der Waals surface area contributed by atoms with E-state index in [1.165, 1.54) is 19.4 Å². The summed E-state index contributed by atoms with van der Waals surface area (Å²) in [5.41, 5.74) is 8.75. The molecule has 12 heteroatoms. The van der Waals surface area contributed by atoms with Gasteiger partial charge >= 0.3 is 35.5 Å². The second-order valence-corrected chi connectivity index (χ2v) is 9.40. The number of nitrogens with two attached hydrogens (primary N) is 1. The molecule has 4 aromatic rings. The van der Waals surface area contributed by atoms with E-state index >= 15 is 0 Å². The van der Waals surface area contributed by atoms with E-state index in [9.17, 15) is 22.6 Å². The van der Waals surface area contributed by atoms with Crippen molar-refractivity contribution in [3.8, 4) is 11.3 Å². The Balaban J connectivity index is 0.00000400. The second kappa shape index (κ2) is 12.4. The van der Waals surface area contributed by atoms with Crippen molar-refractivity contribution in [1.82, 2.24) is 4.98 Å². The van der Waals surface area contributed by atoms with E-state index in [1.807, 2.05) is 0 Å². The molecule has 10 nitrogen and oxygen atoms in total. The van der Waals surface area contributed by atoms with Crippen molar-refractivity contribution in [3.63, 3.8) is 0 Å². The monoisotopic (exact) mass is 542 g/mol. The van der Waals surface area contributed by atoms with Crippen LogP contribution < -0.4 is 5.73 Å². The molecule has 0 saturated carbocycles. The standard InChI is InChI=1S/C26H22N4O6S.Na.H/c1-36-25(32)13-12-23(31)17-8-6-16(7-9-17)21-11-10-18(15-28-21)29-30-22-14-24(37(33,34)35)19-4-2-3-5-20(19)26(22)27;;/h2-11,14-15H,12-13,27H2,1H3,(H,33,34,35);;/b30-29+;;. The minimum absolute atomic E-state index is 0. The Morgan fingerprint density at radius 1 is 0.974 bits per heavy atom. The number of pyridine rings is 1. The molecule has 0 aliphatic rings. The van der Waals surface area contributed by atoms with Crippen LogP contribution in [0.2, 0.25) is 0 Å². The number of carbonyl (C=O) groups is 2. The first-order valence-electron chi connectivity index (χ1n) is 11.0. The van der Waals surface area contributed by atoms with Gasteiger partial charge in [-0.05, 0) is 18.2 Å². The molecule has 3 aromatic carbocycles. The molecule has 0 bridgehead atoms. The van der Waals surface area contributed by atoms with Gasteiger partial charge in [0.2, 0.25) is 0 Å². The van der Waals surface area contributed by atoms with E-state index in [4.69, 9.17) is 5.73 Å². The van der Waals surface area contributed by atoms with E-state index < -0.39 is 16.1 Å². The van der Waals surface area contributed by atoms with Gasteiger partial charge < -0.3 is 10.5 Å². The van der Waals surface area contributed by atoms with Crippen LogP contribution in [-0.2, 0) is 19.6 Å². The Labute approximate surface area is 241 Å². The number of esters is 1. The number of carbonyl (C=O) groups excluding carboxylic acids is 2. The van der Waals surface area contributed by atoms with E-state index in [2.05, 4.69) is 19.9 Å². The molecule has 0 aliphatic heterocycles. The van der Waals surface area contributed by atoms with E-state index in [-0.39, 0.29) is 69.8 Å². The molecule has 1 heterocycles. The summed E-state index contributed by atoms with van der Waals surface area (Å²) in [5.74, 6) is -0.598. The fourth-order valence-electron chi connectivity index (χ4n) is 3.66. The van der Waals surface area contributed by atoms with Crippen molar-refractivity contribution in [2.75, 3.05) is 12.8 Å². The third kappa shape index (κ3) is 6.69. The second-order valence-electron chi connectivity index (χ2n) is 8.01.